The fraction of sp³-hybridized carbons (Fsp3) is 0. The van der Waals surface area contributed by atoms with E-state index in [1.54, 1.807) is 18.2 Å². The summed E-state index contributed by atoms with van der Waals surface area (Å²) >= 11 is 10.3. The first-order chi connectivity index (χ1) is 7.58. The molecule has 4 N–H and O–H groups in total. The number of H-pyrrole nitrogens is 1. The Labute approximate surface area is 101 Å². The van der Waals surface area contributed by atoms with Crippen molar-refractivity contribution in [3.05, 3.63) is 23.2 Å². The van der Waals surface area contributed by atoms with Crippen molar-refractivity contribution in [1.82, 2.24) is 4.98 Å². The van der Waals surface area contributed by atoms with E-state index in [0.717, 1.165) is 0 Å². The number of nitrogens with zero attached hydrogens (tertiary/aromatic N) is 2. The predicted molar refractivity (Wildman–Crippen MR) is 66.3 cm³/mol. The van der Waals surface area contributed by atoms with Gasteiger partial charge in [-0.1, -0.05) is 11.6 Å². The summed E-state index contributed by atoms with van der Waals surface area (Å²) in [6, 6.07) is 5.06. The normalized spacial score (nSPS) is 11.3. The summed E-state index contributed by atoms with van der Waals surface area (Å²) in [5.74, 6) is 0.169. The topological polar surface area (TPSA) is 86.8 Å². The van der Waals surface area contributed by atoms with Crippen LogP contribution in [0.2, 0.25) is 5.02 Å². The second-order valence-corrected chi connectivity index (χ2v) is 3.91. The van der Waals surface area contributed by atoms with Crippen molar-refractivity contribution in [3.63, 3.8) is 0 Å². The predicted octanol–water partition coefficient (Wildman–Crippen LogP) is 2.85. The molecule has 0 aliphatic heterocycles. The highest BCUT2D eigenvalue weighted by molar-refractivity contribution is 7.80. The van der Waals surface area contributed by atoms with Crippen LogP contribution < -0.4 is 5.73 Å². The van der Waals surface area contributed by atoms with Crippen LogP contribution in [0.5, 0.6) is 5.75 Å². The number of rotatable bonds is 1. The van der Waals surface area contributed by atoms with Gasteiger partial charge in [0.05, 0.1) is 5.52 Å². The van der Waals surface area contributed by atoms with Gasteiger partial charge in [0, 0.05) is 10.4 Å². The quantitative estimate of drug-likeness (QED) is 0.540. The number of nitrogens with one attached hydrogen (secondary N) is 1. The Bertz CT molecular complexity index is 592. The number of thiocarbonyl (C=S) groups is 1. The molecule has 0 spiro atoms. The molecule has 0 saturated carbocycles. The highest BCUT2D eigenvalue weighted by Gasteiger charge is 2.10. The number of nitrogens with two attached hydrogens (primary N) is 1. The largest absolute Gasteiger partial charge is 0.504 e. The molecule has 0 fully saturated rings. The minimum Gasteiger partial charge on any atom is -0.504 e. The molecule has 2 aromatic rings. The van der Waals surface area contributed by atoms with Gasteiger partial charge in [-0.15, -0.1) is 10.2 Å². The van der Waals surface area contributed by atoms with Crippen molar-refractivity contribution in [2.24, 2.45) is 16.0 Å². The van der Waals surface area contributed by atoms with Crippen LogP contribution in [0.15, 0.2) is 28.4 Å². The van der Waals surface area contributed by atoms with Crippen LogP contribution in [0.25, 0.3) is 10.9 Å². The van der Waals surface area contributed by atoms with Gasteiger partial charge >= 0.3 is 0 Å². The summed E-state index contributed by atoms with van der Waals surface area (Å²) in [7, 11) is 0. The summed E-state index contributed by atoms with van der Waals surface area (Å²) in [5, 5.41) is 18.0. The highest BCUT2D eigenvalue weighted by Crippen LogP contribution is 2.36. The third-order valence-electron chi connectivity index (χ3n) is 1.96. The van der Waals surface area contributed by atoms with Crippen LogP contribution >= 0.6 is 23.8 Å². The molecular weight excluding hydrogens is 248 g/mol. The molecule has 0 aliphatic rings. The zero-order chi connectivity index (χ0) is 11.7. The van der Waals surface area contributed by atoms with Gasteiger partial charge in [0.15, 0.2) is 11.6 Å². The van der Waals surface area contributed by atoms with Crippen molar-refractivity contribution in [2.75, 3.05) is 0 Å². The molecule has 0 radical (unpaired) electrons. The van der Waals surface area contributed by atoms with Gasteiger partial charge in [-0.05, 0) is 30.4 Å². The summed E-state index contributed by atoms with van der Waals surface area (Å²) in [5.41, 5.74) is 5.87. The van der Waals surface area contributed by atoms with Gasteiger partial charge in [0.1, 0.15) is 0 Å². The Hall–Kier alpha value is -1.66. The minimum atomic E-state index is -0.101. The van der Waals surface area contributed by atoms with E-state index in [4.69, 9.17) is 17.3 Å². The molecule has 1 heterocycles. The third kappa shape index (κ3) is 1.98. The monoisotopic (exact) mass is 254 g/mol. The molecule has 0 aliphatic carbocycles. The van der Waals surface area contributed by atoms with Crippen LogP contribution in [-0.2, 0) is 0 Å². The molecule has 82 valence electrons. The number of hydrogen-bond acceptors (Lipinski definition) is 3. The van der Waals surface area contributed by atoms with Crippen molar-refractivity contribution in [2.45, 2.75) is 0 Å². The van der Waals surface area contributed by atoms with Crippen molar-refractivity contribution in [1.29, 1.82) is 0 Å². The Morgan fingerprint density at radius 3 is 2.94 bits per heavy atom. The molecule has 0 saturated heterocycles. The first kappa shape index (κ1) is 10.8. The molecular formula is C9H7ClN4OS. The zero-order valence-corrected chi connectivity index (χ0v) is 9.51. The van der Waals surface area contributed by atoms with E-state index in [9.17, 15) is 5.11 Å². The maximum absolute atomic E-state index is 9.80. The average Bonchev–Trinajstić information content (AvgIpc) is 2.53. The Morgan fingerprint density at radius 1 is 1.50 bits per heavy atom. The molecule has 0 atom stereocenters. The molecule has 5 nitrogen and oxygen atoms in total. The smallest absolute Gasteiger partial charge is 0.211 e. The van der Waals surface area contributed by atoms with Gasteiger partial charge in [-0.25, -0.2) is 0 Å². The third-order valence-corrected chi connectivity index (χ3v) is 2.28. The summed E-state index contributed by atoms with van der Waals surface area (Å²) in [6.07, 6.45) is 0. The first-order valence-corrected chi connectivity index (χ1v) is 5.08. The van der Waals surface area contributed by atoms with E-state index in [2.05, 4.69) is 27.4 Å². The Kier molecular flexibility index (Phi) is 2.76. The molecule has 1 aromatic heterocycles. The number of aromatic amines is 1. The Morgan fingerprint density at radius 2 is 2.25 bits per heavy atom. The maximum atomic E-state index is 9.80. The van der Waals surface area contributed by atoms with Crippen LogP contribution in [0.3, 0.4) is 0 Å². The van der Waals surface area contributed by atoms with Crippen LogP contribution in [-0.4, -0.2) is 15.2 Å². The lowest BCUT2D eigenvalue weighted by molar-refractivity contribution is 0.482. The second-order valence-electron chi connectivity index (χ2n) is 3.05. The van der Waals surface area contributed by atoms with E-state index in [1.807, 2.05) is 0 Å². The van der Waals surface area contributed by atoms with Crippen LogP contribution in [0.1, 0.15) is 0 Å². The number of hydrogen-bond donors (Lipinski definition) is 3. The zero-order valence-electron chi connectivity index (χ0n) is 7.94. The van der Waals surface area contributed by atoms with Crippen LogP contribution in [0, 0.1) is 0 Å². The standard InChI is InChI=1S/C9H7ClN4OS/c10-4-1-2-6-5(3-4)7(15)8(12-6)13-14-9(11)16/h1-3,12,15H,(H2,11,16)/b14-13+. The fourth-order valence-electron chi connectivity index (χ4n) is 1.31. The van der Waals surface area contributed by atoms with Crippen molar-refractivity contribution in [3.8, 4) is 5.75 Å². The van der Waals surface area contributed by atoms with Gasteiger partial charge in [0.2, 0.25) is 5.11 Å². The summed E-state index contributed by atoms with van der Waals surface area (Å²) in [6.45, 7) is 0. The fourth-order valence-corrected chi connectivity index (χ4v) is 1.52. The number of azo groups is 1. The van der Waals surface area contributed by atoms with Crippen molar-refractivity contribution >= 4 is 45.7 Å². The van der Waals surface area contributed by atoms with E-state index < -0.39 is 0 Å². The summed E-state index contributed by atoms with van der Waals surface area (Å²) in [4.78, 5) is 2.86. The number of benzene rings is 1. The second kappa shape index (κ2) is 4.07. The maximum Gasteiger partial charge on any atom is 0.211 e. The average molecular weight is 255 g/mol. The first-order valence-electron chi connectivity index (χ1n) is 4.29. The molecule has 1 aromatic carbocycles. The lowest BCUT2D eigenvalue weighted by Crippen LogP contribution is -2.01. The number of fused-ring (bicyclic) bond motifs is 1. The Balaban J connectivity index is 2.56. The lowest BCUT2D eigenvalue weighted by Gasteiger charge is -1.90. The molecule has 2 rings (SSSR count). The molecule has 0 unspecified atom stereocenters. The minimum absolute atomic E-state index is 0.0301. The number of aromatic hydroxyl groups is 1. The molecule has 16 heavy (non-hydrogen) atoms. The highest BCUT2D eigenvalue weighted by atomic mass is 35.5. The lowest BCUT2D eigenvalue weighted by atomic mass is 10.2. The van der Waals surface area contributed by atoms with Crippen molar-refractivity contribution < 1.29 is 5.11 Å². The van der Waals surface area contributed by atoms with Gasteiger partial charge in [-0.3, -0.25) is 0 Å². The van der Waals surface area contributed by atoms with E-state index in [0.29, 0.717) is 15.9 Å². The molecule has 0 bridgehead atoms. The number of halogens is 1. The van der Waals surface area contributed by atoms with E-state index in [-0.39, 0.29) is 16.7 Å². The van der Waals surface area contributed by atoms with Gasteiger partial charge in [-0.2, -0.15) is 0 Å². The van der Waals surface area contributed by atoms with Gasteiger partial charge in [0.25, 0.3) is 0 Å². The number of aromatic nitrogens is 1. The summed E-state index contributed by atoms with van der Waals surface area (Å²) < 4.78 is 0. The van der Waals surface area contributed by atoms with Crippen LogP contribution in [0.4, 0.5) is 5.82 Å². The molecule has 7 heteroatoms. The van der Waals surface area contributed by atoms with E-state index >= 15 is 0 Å². The van der Waals surface area contributed by atoms with E-state index in [1.165, 1.54) is 0 Å². The SMILES string of the molecule is NC(=S)/N=N/c1[nH]c2ccc(Cl)cc2c1O. The molecule has 0 amide bonds. The van der Waals surface area contributed by atoms with Gasteiger partial charge < -0.3 is 15.8 Å².